The standard InChI is InChI=1S/C33H37F3N8O2S/c1-21(40-30(45)19-43-9-11-46-12-10-43)17-44-25(16-37)13-27-22(2)23(3-4-29(27)44)18-42-7-5-24(6-8-42)41-31-28-14-26(15-33(34,35)36)47-32(28)39-20-38-31/h3-4,13-14,20,24H,1,5-12,15,17-19H2,2H3,(H,40,45)(H,38,39,41). The van der Waals surface area contributed by atoms with Crippen molar-refractivity contribution in [1.29, 1.82) is 5.26 Å². The van der Waals surface area contributed by atoms with Gasteiger partial charge in [0, 0.05) is 60.2 Å². The van der Waals surface area contributed by atoms with E-state index in [9.17, 15) is 23.2 Å². The van der Waals surface area contributed by atoms with E-state index in [0.717, 1.165) is 73.4 Å². The number of amides is 1. The van der Waals surface area contributed by atoms with Crippen molar-refractivity contribution in [1.82, 2.24) is 29.7 Å². The van der Waals surface area contributed by atoms with Gasteiger partial charge in [0.1, 0.15) is 28.7 Å². The molecular formula is C33H37F3N8O2S. The van der Waals surface area contributed by atoms with Crippen molar-refractivity contribution in [3.05, 3.63) is 64.6 Å². The summed E-state index contributed by atoms with van der Waals surface area (Å²) in [5.41, 5.74) is 4.23. The number of morpholine rings is 1. The lowest BCUT2D eigenvalue weighted by Gasteiger charge is -2.33. The van der Waals surface area contributed by atoms with Crippen molar-refractivity contribution < 1.29 is 22.7 Å². The van der Waals surface area contributed by atoms with Crippen molar-refractivity contribution in [2.75, 3.05) is 51.3 Å². The summed E-state index contributed by atoms with van der Waals surface area (Å²) in [7, 11) is 0. The minimum absolute atomic E-state index is 0.129. The van der Waals surface area contributed by atoms with Crippen LogP contribution in [0.5, 0.6) is 0 Å². The van der Waals surface area contributed by atoms with Crippen molar-refractivity contribution in [2.24, 2.45) is 0 Å². The van der Waals surface area contributed by atoms with Crippen LogP contribution in [0.3, 0.4) is 0 Å². The molecule has 0 spiro atoms. The van der Waals surface area contributed by atoms with Crippen LogP contribution in [0.4, 0.5) is 19.0 Å². The van der Waals surface area contributed by atoms with E-state index in [1.54, 1.807) is 6.07 Å². The number of rotatable bonds is 10. The fourth-order valence-corrected chi connectivity index (χ4v) is 7.39. The topological polar surface area (TPSA) is 111 Å². The molecule has 0 bridgehead atoms. The molecule has 10 nitrogen and oxygen atoms in total. The Hall–Kier alpha value is -4.03. The molecule has 0 atom stereocenters. The zero-order chi connectivity index (χ0) is 33.1. The van der Waals surface area contributed by atoms with Gasteiger partial charge in [-0.3, -0.25) is 14.6 Å². The van der Waals surface area contributed by atoms with E-state index in [0.29, 0.717) is 47.2 Å². The molecule has 0 radical (unpaired) electrons. The number of thiophene rings is 1. The highest BCUT2D eigenvalue weighted by atomic mass is 32.1. The molecule has 2 N–H and O–H groups in total. The predicted molar refractivity (Wildman–Crippen MR) is 175 cm³/mol. The van der Waals surface area contributed by atoms with Crippen LogP contribution < -0.4 is 10.6 Å². The Morgan fingerprint density at radius 1 is 1.11 bits per heavy atom. The minimum atomic E-state index is -4.27. The number of nitrogens with one attached hydrogen (secondary N) is 2. The van der Waals surface area contributed by atoms with Crippen LogP contribution in [0.15, 0.2) is 42.9 Å². The lowest BCUT2D eigenvalue weighted by molar-refractivity contribution is -0.126. The van der Waals surface area contributed by atoms with E-state index in [2.05, 4.69) is 51.1 Å². The molecule has 47 heavy (non-hydrogen) atoms. The number of hydrogen-bond donors (Lipinski definition) is 2. The summed E-state index contributed by atoms with van der Waals surface area (Å²) in [6, 6.07) is 10.0. The largest absolute Gasteiger partial charge is 0.393 e. The number of piperidine rings is 1. The quantitative estimate of drug-likeness (QED) is 0.244. The first-order valence-electron chi connectivity index (χ1n) is 15.6. The zero-order valence-corrected chi connectivity index (χ0v) is 27.0. The summed E-state index contributed by atoms with van der Waals surface area (Å²) in [6.07, 6.45) is -2.11. The molecule has 1 aromatic carbocycles. The van der Waals surface area contributed by atoms with E-state index in [1.807, 2.05) is 21.6 Å². The predicted octanol–water partition coefficient (Wildman–Crippen LogP) is 4.97. The minimum Gasteiger partial charge on any atom is -0.379 e. The molecule has 4 aromatic rings. The highest BCUT2D eigenvalue weighted by Crippen LogP contribution is 2.33. The Morgan fingerprint density at radius 3 is 2.60 bits per heavy atom. The van der Waals surface area contributed by atoms with Gasteiger partial charge in [0.05, 0.1) is 38.1 Å². The molecule has 3 aromatic heterocycles. The van der Waals surface area contributed by atoms with E-state index in [-0.39, 0.29) is 23.4 Å². The Kier molecular flexibility index (Phi) is 9.79. The average molecular weight is 667 g/mol. The van der Waals surface area contributed by atoms with Crippen LogP contribution in [0.1, 0.15) is 34.5 Å². The number of carbonyl (C=O) groups is 1. The van der Waals surface area contributed by atoms with E-state index in [1.165, 1.54) is 11.9 Å². The normalized spacial score (nSPS) is 16.8. The number of likely N-dealkylation sites (tertiary alicyclic amines) is 1. The van der Waals surface area contributed by atoms with Crippen LogP contribution in [-0.2, 0) is 29.0 Å². The van der Waals surface area contributed by atoms with E-state index >= 15 is 0 Å². The monoisotopic (exact) mass is 666 g/mol. The summed E-state index contributed by atoms with van der Waals surface area (Å²) in [5.74, 6) is 0.452. The van der Waals surface area contributed by atoms with Gasteiger partial charge in [-0.15, -0.1) is 11.3 Å². The Morgan fingerprint density at radius 2 is 1.87 bits per heavy atom. The van der Waals surface area contributed by atoms with Crippen LogP contribution in [0.2, 0.25) is 0 Å². The van der Waals surface area contributed by atoms with Gasteiger partial charge in [-0.2, -0.15) is 18.4 Å². The third-order valence-corrected chi connectivity index (χ3v) is 9.84. The Labute approximate surface area is 274 Å². The fraction of sp³-hybridized carbons (Fsp3) is 0.455. The number of nitriles is 1. The number of anilines is 1. The van der Waals surface area contributed by atoms with Crippen molar-refractivity contribution in [3.63, 3.8) is 0 Å². The first kappa shape index (κ1) is 32.9. The molecule has 0 saturated carbocycles. The van der Waals surface area contributed by atoms with Gasteiger partial charge in [0.25, 0.3) is 0 Å². The maximum absolute atomic E-state index is 12.9. The number of aryl methyl sites for hydroxylation is 1. The number of allylic oxidation sites excluding steroid dienone is 1. The second kappa shape index (κ2) is 14.0. The summed E-state index contributed by atoms with van der Waals surface area (Å²) >= 11 is 1.05. The lowest BCUT2D eigenvalue weighted by Crippen LogP contribution is -2.43. The van der Waals surface area contributed by atoms with Gasteiger partial charge in [-0.05, 0) is 49.1 Å². The summed E-state index contributed by atoms with van der Waals surface area (Å²) < 4.78 is 46.0. The molecule has 5 heterocycles. The number of alkyl halides is 3. The van der Waals surface area contributed by atoms with Crippen LogP contribution >= 0.6 is 11.3 Å². The smallest absolute Gasteiger partial charge is 0.379 e. The molecule has 2 saturated heterocycles. The molecule has 2 aliphatic rings. The number of ether oxygens (including phenoxy) is 1. The third kappa shape index (κ3) is 7.93. The molecule has 6 rings (SSSR count). The molecule has 14 heteroatoms. The van der Waals surface area contributed by atoms with Crippen molar-refractivity contribution in [3.8, 4) is 6.07 Å². The van der Waals surface area contributed by atoms with Crippen molar-refractivity contribution in [2.45, 2.75) is 51.5 Å². The lowest BCUT2D eigenvalue weighted by atomic mass is 10.0. The highest BCUT2D eigenvalue weighted by molar-refractivity contribution is 7.18. The number of carbonyl (C=O) groups excluding carboxylic acids is 1. The van der Waals surface area contributed by atoms with Gasteiger partial charge >= 0.3 is 6.18 Å². The summed E-state index contributed by atoms with van der Waals surface area (Å²) in [4.78, 5) is 26.3. The van der Waals surface area contributed by atoms with Gasteiger partial charge in [0.2, 0.25) is 5.91 Å². The van der Waals surface area contributed by atoms with Gasteiger partial charge in [-0.25, -0.2) is 9.97 Å². The van der Waals surface area contributed by atoms with Crippen molar-refractivity contribution >= 4 is 44.2 Å². The zero-order valence-electron chi connectivity index (χ0n) is 26.2. The second-order valence-corrected chi connectivity index (χ2v) is 13.3. The Bertz CT molecular complexity index is 1810. The fourth-order valence-electron chi connectivity index (χ4n) is 6.36. The molecule has 0 aliphatic carbocycles. The number of hydrogen-bond acceptors (Lipinski definition) is 9. The first-order valence-corrected chi connectivity index (χ1v) is 16.5. The van der Waals surface area contributed by atoms with Gasteiger partial charge in [0.15, 0.2) is 0 Å². The summed E-state index contributed by atoms with van der Waals surface area (Å²) in [6.45, 7) is 11.8. The van der Waals surface area contributed by atoms with Crippen LogP contribution in [-0.4, -0.2) is 88.4 Å². The molecule has 248 valence electrons. The Balaban J connectivity index is 1.06. The van der Waals surface area contributed by atoms with Gasteiger partial charge < -0.3 is 19.9 Å². The van der Waals surface area contributed by atoms with Crippen LogP contribution in [0, 0.1) is 18.3 Å². The average Bonchev–Trinajstić information content (AvgIpc) is 3.60. The number of benzene rings is 1. The van der Waals surface area contributed by atoms with E-state index in [4.69, 9.17) is 4.74 Å². The maximum atomic E-state index is 12.9. The van der Waals surface area contributed by atoms with Crippen LogP contribution in [0.25, 0.3) is 21.1 Å². The molecule has 2 aliphatic heterocycles. The molecule has 0 unspecified atom stereocenters. The molecule has 2 fully saturated rings. The highest BCUT2D eigenvalue weighted by Gasteiger charge is 2.29. The third-order valence-electron chi connectivity index (χ3n) is 8.79. The second-order valence-electron chi connectivity index (χ2n) is 12.2. The number of halogens is 3. The van der Waals surface area contributed by atoms with Gasteiger partial charge in [-0.1, -0.05) is 12.6 Å². The first-order chi connectivity index (χ1) is 22.6. The molecular weight excluding hydrogens is 629 g/mol. The number of nitrogens with zero attached hydrogens (tertiary/aromatic N) is 6. The molecule has 1 amide bonds. The number of fused-ring (bicyclic) bond motifs is 2. The van der Waals surface area contributed by atoms with E-state index < -0.39 is 12.6 Å². The SMILES string of the molecule is C=C(Cn1c(C#N)cc2c(C)c(CN3CCC(Nc4ncnc5sc(CC(F)(F)F)cc45)CC3)ccc21)NC(=O)CN1CCOCC1. The maximum Gasteiger partial charge on any atom is 0.393 e. The number of aromatic nitrogens is 3. The summed E-state index contributed by atoms with van der Waals surface area (Å²) in [5, 5.41) is 17.9.